The Morgan fingerprint density at radius 2 is 1.40 bits per heavy atom. The number of aliphatic hydroxyl groups is 1. The third kappa shape index (κ3) is 8.22. The van der Waals surface area contributed by atoms with Gasteiger partial charge in [-0.2, -0.15) is 25.3 Å². The van der Waals surface area contributed by atoms with E-state index in [4.69, 9.17) is 10.8 Å². The largest absolute Gasteiger partial charge is 0.480 e. The molecule has 0 spiro atoms. The van der Waals surface area contributed by atoms with E-state index in [0.29, 0.717) is 0 Å². The highest BCUT2D eigenvalue weighted by Gasteiger charge is 2.29. The normalized spacial score (nSPS) is 14.7. The molecule has 0 radical (unpaired) electrons. The lowest BCUT2D eigenvalue weighted by molar-refractivity contribution is -0.141. The van der Waals surface area contributed by atoms with Gasteiger partial charge >= 0.3 is 5.97 Å². The Morgan fingerprint density at radius 1 is 0.867 bits per heavy atom. The Bertz CT molecular complexity index is 737. The Kier molecular flexibility index (Phi) is 11.3. The first-order chi connectivity index (χ1) is 14.2. The first-order valence-electron chi connectivity index (χ1n) is 8.99. The van der Waals surface area contributed by atoms with Gasteiger partial charge in [-0.15, -0.1) is 0 Å². The standard InChI is InChI=1S/C18H26N4O6S2/c19-11(8-29)15(24)20-12(6-10-4-2-1-3-5-10)16(25)21-13(7-23)17(26)22-14(9-30)18(27)28/h1-5,11-14,23,29-30H,6-9,19H2,(H,20,24)(H,21,25)(H,22,26)(H,27,28). The summed E-state index contributed by atoms with van der Waals surface area (Å²) >= 11 is 7.80. The van der Waals surface area contributed by atoms with Crippen LogP contribution in [0.25, 0.3) is 0 Å². The maximum Gasteiger partial charge on any atom is 0.327 e. The number of amides is 3. The average molecular weight is 459 g/mol. The minimum absolute atomic E-state index is 0.0630. The van der Waals surface area contributed by atoms with Gasteiger partial charge in [0.15, 0.2) is 0 Å². The Balaban J connectivity index is 2.93. The van der Waals surface area contributed by atoms with Crippen LogP contribution in [0.2, 0.25) is 0 Å². The second-order valence-corrected chi connectivity index (χ2v) is 7.10. The summed E-state index contributed by atoms with van der Waals surface area (Å²) in [7, 11) is 0. The average Bonchev–Trinajstić information content (AvgIpc) is 2.74. The number of nitrogens with two attached hydrogens (primary N) is 1. The molecule has 166 valence electrons. The van der Waals surface area contributed by atoms with Crippen molar-refractivity contribution in [1.82, 2.24) is 16.0 Å². The molecular weight excluding hydrogens is 432 g/mol. The smallest absolute Gasteiger partial charge is 0.327 e. The van der Waals surface area contributed by atoms with Gasteiger partial charge in [0.05, 0.1) is 12.6 Å². The number of carbonyl (C=O) groups is 4. The number of aliphatic hydroxyl groups excluding tert-OH is 1. The van der Waals surface area contributed by atoms with E-state index in [0.717, 1.165) is 5.56 Å². The van der Waals surface area contributed by atoms with E-state index in [2.05, 4.69) is 41.2 Å². The molecule has 12 heteroatoms. The maximum atomic E-state index is 12.7. The predicted octanol–water partition coefficient (Wildman–Crippen LogP) is -2.05. The lowest BCUT2D eigenvalue weighted by atomic mass is 10.0. The molecule has 0 saturated carbocycles. The Morgan fingerprint density at radius 3 is 1.90 bits per heavy atom. The third-order valence-corrected chi connectivity index (χ3v) is 4.82. The van der Waals surface area contributed by atoms with Crippen LogP contribution in [0.15, 0.2) is 30.3 Å². The molecule has 10 nitrogen and oxygen atoms in total. The number of carbonyl (C=O) groups excluding carboxylic acids is 3. The fourth-order valence-corrected chi connectivity index (χ4v) is 2.76. The van der Waals surface area contributed by atoms with Crippen LogP contribution >= 0.6 is 25.3 Å². The molecule has 0 aliphatic rings. The van der Waals surface area contributed by atoms with Crippen molar-refractivity contribution in [3.8, 4) is 0 Å². The van der Waals surface area contributed by atoms with Crippen LogP contribution in [-0.2, 0) is 25.6 Å². The molecule has 1 rings (SSSR count). The molecule has 0 heterocycles. The van der Waals surface area contributed by atoms with Crippen LogP contribution in [0.1, 0.15) is 5.56 Å². The number of thiol groups is 2. The monoisotopic (exact) mass is 458 g/mol. The number of hydrogen-bond donors (Lipinski definition) is 8. The lowest BCUT2D eigenvalue weighted by Gasteiger charge is -2.24. The minimum Gasteiger partial charge on any atom is -0.480 e. The van der Waals surface area contributed by atoms with Crippen LogP contribution < -0.4 is 21.7 Å². The van der Waals surface area contributed by atoms with Gasteiger partial charge in [-0.3, -0.25) is 14.4 Å². The summed E-state index contributed by atoms with van der Waals surface area (Å²) in [5.41, 5.74) is 6.38. The summed E-state index contributed by atoms with van der Waals surface area (Å²) in [5, 5.41) is 25.5. The number of benzene rings is 1. The van der Waals surface area contributed by atoms with Gasteiger partial charge in [0.1, 0.15) is 18.1 Å². The molecule has 4 atom stereocenters. The van der Waals surface area contributed by atoms with E-state index < -0.39 is 54.5 Å². The van der Waals surface area contributed by atoms with Gasteiger partial charge in [0.2, 0.25) is 17.7 Å². The van der Waals surface area contributed by atoms with Crippen molar-refractivity contribution in [2.75, 3.05) is 18.1 Å². The van der Waals surface area contributed by atoms with Crippen LogP contribution in [0.4, 0.5) is 0 Å². The highest BCUT2D eigenvalue weighted by molar-refractivity contribution is 7.80. The van der Waals surface area contributed by atoms with Gasteiger partial charge in [-0.05, 0) is 5.56 Å². The number of hydrogen-bond acceptors (Lipinski definition) is 8. The Labute approximate surface area is 184 Å². The fraction of sp³-hybridized carbons (Fsp3) is 0.444. The molecule has 0 aliphatic carbocycles. The van der Waals surface area contributed by atoms with Crippen LogP contribution in [-0.4, -0.2) is 76.2 Å². The molecule has 0 aromatic heterocycles. The van der Waals surface area contributed by atoms with Crippen molar-refractivity contribution in [3.63, 3.8) is 0 Å². The SMILES string of the molecule is NC(CS)C(=O)NC(Cc1ccccc1)C(=O)NC(CO)C(=O)NC(CS)C(=O)O. The topological polar surface area (TPSA) is 171 Å². The molecule has 3 amide bonds. The zero-order valence-corrected chi connectivity index (χ0v) is 17.8. The summed E-state index contributed by atoms with van der Waals surface area (Å²) in [6, 6.07) is 4.08. The van der Waals surface area contributed by atoms with Gasteiger partial charge in [0.25, 0.3) is 0 Å². The van der Waals surface area contributed by atoms with Gasteiger partial charge in [-0.1, -0.05) is 30.3 Å². The first kappa shape index (κ1) is 25.8. The summed E-state index contributed by atoms with van der Waals surface area (Å²) in [4.78, 5) is 48.2. The first-order valence-corrected chi connectivity index (χ1v) is 10.3. The quantitative estimate of drug-likeness (QED) is 0.167. The Hall–Kier alpha value is -2.28. The van der Waals surface area contributed by atoms with E-state index in [-0.39, 0.29) is 17.9 Å². The van der Waals surface area contributed by atoms with Crippen molar-refractivity contribution in [1.29, 1.82) is 0 Å². The van der Waals surface area contributed by atoms with Crippen molar-refractivity contribution >= 4 is 48.9 Å². The highest BCUT2D eigenvalue weighted by Crippen LogP contribution is 2.05. The molecule has 30 heavy (non-hydrogen) atoms. The molecule has 4 unspecified atom stereocenters. The number of nitrogens with one attached hydrogen (secondary N) is 3. The maximum absolute atomic E-state index is 12.7. The fourth-order valence-electron chi connectivity index (χ4n) is 2.34. The second kappa shape index (κ2) is 13.1. The van der Waals surface area contributed by atoms with Crippen molar-refractivity contribution in [2.45, 2.75) is 30.6 Å². The lowest BCUT2D eigenvalue weighted by Crippen LogP contribution is -2.58. The number of carboxylic acids is 1. The van der Waals surface area contributed by atoms with Crippen molar-refractivity contribution < 1.29 is 29.4 Å². The predicted molar refractivity (Wildman–Crippen MR) is 116 cm³/mol. The molecule has 0 saturated heterocycles. The molecule has 0 fully saturated rings. The molecule has 1 aromatic carbocycles. The zero-order valence-electron chi connectivity index (χ0n) is 16.0. The van der Waals surface area contributed by atoms with Gasteiger partial charge < -0.3 is 31.9 Å². The summed E-state index contributed by atoms with van der Waals surface area (Å²) in [5.74, 6) is -3.67. The number of rotatable bonds is 12. The van der Waals surface area contributed by atoms with Gasteiger partial charge in [-0.25, -0.2) is 4.79 Å². The van der Waals surface area contributed by atoms with E-state index in [1.165, 1.54) is 0 Å². The number of aliphatic carboxylic acids is 1. The van der Waals surface area contributed by atoms with E-state index in [1.807, 2.05) is 0 Å². The van der Waals surface area contributed by atoms with Crippen LogP contribution in [0.3, 0.4) is 0 Å². The number of carboxylic acid groups (broad SMARTS) is 1. The van der Waals surface area contributed by atoms with Crippen molar-refractivity contribution in [2.24, 2.45) is 5.73 Å². The molecule has 0 aliphatic heterocycles. The minimum atomic E-state index is -1.42. The van der Waals surface area contributed by atoms with E-state index in [1.54, 1.807) is 30.3 Å². The highest BCUT2D eigenvalue weighted by atomic mass is 32.1. The summed E-state index contributed by atoms with van der Waals surface area (Å²) < 4.78 is 0. The van der Waals surface area contributed by atoms with Crippen LogP contribution in [0.5, 0.6) is 0 Å². The molecule has 7 N–H and O–H groups in total. The van der Waals surface area contributed by atoms with Gasteiger partial charge in [0, 0.05) is 17.9 Å². The zero-order chi connectivity index (χ0) is 22.7. The molecular formula is C18H26N4O6S2. The second-order valence-electron chi connectivity index (χ2n) is 6.37. The van der Waals surface area contributed by atoms with Crippen LogP contribution in [0, 0.1) is 0 Å². The third-order valence-electron chi connectivity index (χ3n) is 4.06. The van der Waals surface area contributed by atoms with E-state index >= 15 is 0 Å². The molecule has 1 aromatic rings. The molecule has 0 bridgehead atoms. The summed E-state index contributed by atoms with van der Waals surface area (Å²) in [6.07, 6.45) is 0.103. The summed E-state index contributed by atoms with van der Waals surface area (Å²) in [6.45, 7) is -0.779. The van der Waals surface area contributed by atoms with Crippen molar-refractivity contribution in [3.05, 3.63) is 35.9 Å². The van der Waals surface area contributed by atoms with E-state index in [9.17, 15) is 24.3 Å².